The molecule has 30 heavy (non-hydrogen) atoms. The summed E-state index contributed by atoms with van der Waals surface area (Å²) in [6.07, 6.45) is 0.838. The van der Waals surface area contributed by atoms with Crippen molar-refractivity contribution in [2.45, 2.75) is 38.5 Å². The van der Waals surface area contributed by atoms with E-state index in [1.54, 1.807) is 31.2 Å². The van der Waals surface area contributed by atoms with Gasteiger partial charge in [-0.1, -0.05) is 28.1 Å². The summed E-state index contributed by atoms with van der Waals surface area (Å²) in [6.45, 7) is -1.11. The molecule has 2 aromatic rings. The minimum Gasteiger partial charge on any atom is -0.496 e. The van der Waals surface area contributed by atoms with Crippen LogP contribution in [0.4, 0.5) is 13.6 Å². The molecule has 0 radical (unpaired) electrons. The zero-order valence-corrected chi connectivity index (χ0v) is 18.0. The number of hydrogen-bond acceptors (Lipinski definition) is 4. The van der Waals surface area contributed by atoms with Gasteiger partial charge in [0.05, 0.1) is 13.7 Å². The number of halogens is 3. The molecule has 1 unspecified atom stereocenters. The summed E-state index contributed by atoms with van der Waals surface area (Å²) >= 11 is 3.39. The minimum atomic E-state index is -2.88. The van der Waals surface area contributed by atoms with Gasteiger partial charge in [-0.2, -0.15) is 8.78 Å². The predicted molar refractivity (Wildman–Crippen MR) is 110 cm³/mol. The number of aryl methyl sites for hydroxylation is 1. The molecule has 1 atom stereocenters. The zero-order valence-electron chi connectivity index (χ0n) is 16.5. The molecule has 0 bridgehead atoms. The van der Waals surface area contributed by atoms with Crippen LogP contribution in [0.2, 0.25) is 0 Å². The van der Waals surface area contributed by atoms with Gasteiger partial charge in [0.25, 0.3) is 5.91 Å². The van der Waals surface area contributed by atoms with Crippen LogP contribution >= 0.6 is 15.9 Å². The molecule has 0 aromatic heterocycles. The highest BCUT2D eigenvalue weighted by Gasteiger charge is 2.47. The van der Waals surface area contributed by atoms with Gasteiger partial charge in [-0.15, -0.1) is 0 Å². The van der Waals surface area contributed by atoms with Crippen molar-refractivity contribution in [1.29, 1.82) is 0 Å². The Hall–Kier alpha value is -2.68. The number of ether oxygens (including phenoxy) is 2. The molecule has 1 N–H and O–H groups in total. The average Bonchev–Trinajstić information content (AvgIpc) is 2.91. The van der Waals surface area contributed by atoms with E-state index in [0.29, 0.717) is 24.2 Å². The van der Waals surface area contributed by atoms with Gasteiger partial charge in [0.2, 0.25) is 0 Å². The highest BCUT2D eigenvalue weighted by Crippen LogP contribution is 2.29. The lowest BCUT2D eigenvalue weighted by Crippen LogP contribution is -2.44. The molecule has 0 aliphatic carbocycles. The molecule has 9 heteroatoms. The van der Waals surface area contributed by atoms with E-state index in [4.69, 9.17) is 4.74 Å². The summed E-state index contributed by atoms with van der Waals surface area (Å²) < 4.78 is 35.0. The summed E-state index contributed by atoms with van der Waals surface area (Å²) in [4.78, 5) is 26.7. The third-order valence-corrected chi connectivity index (χ3v) is 5.47. The highest BCUT2D eigenvalue weighted by atomic mass is 79.9. The molecule has 1 heterocycles. The lowest BCUT2D eigenvalue weighted by Gasteiger charge is -2.22. The van der Waals surface area contributed by atoms with Crippen LogP contribution in [0.3, 0.4) is 0 Å². The molecule has 1 aliphatic heterocycles. The van der Waals surface area contributed by atoms with Gasteiger partial charge in [0, 0.05) is 10.0 Å². The quantitative estimate of drug-likeness (QED) is 0.562. The lowest BCUT2D eigenvalue weighted by atomic mass is 9.93. The van der Waals surface area contributed by atoms with Gasteiger partial charge in [0.1, 0.15) is 17.0 Å². The van der Waals surface area contributed by atoms with Crippen LogP contribution in [-0.4, -0.2) is 36.1 Å². The van der Waals surface area contributed by atoms with E-state index in [2.05, 4.69) is 26.0 Å². The maximum atomic E-state index is 13.0. The Morgan fingerprint density at radius 3 is 2.50 bits per heavy atom. The van der Waals surface area contributed by atoms with Crippen molar-refractivity contribution >= 4 is 27.9 Å². The predicted octanol–water partition coefficient (Wildman–Crippen LogP) is 4.50. The molecule has 0 spiro atoms. The largest absolute Gasteiger partial charge is 0.496 e. The topological polar surface area (TPSA) is 67.9 Å². The lowest BCUT2D eigenvalue weighted by molar-refractivity contribution is -0.131. The van der Waals surface area contributed by atoms with E-state index in [1.807, 2.05) is 6.07 Å². The molecule has 1 saturated heterocycles. The van der Waals surface area contributed by atoms with Crippen molar-refractivity contribution in [2.24, 2.45) is 0 Å². The molecular formula is C21H21BrF2N2O4. The van der Waals surface area contributed by atoms with Gasteiger partial charge in [-0.25, -0.2) is 4.79 Å². The van der Waals surface area contributed by atoms with Crippen LogP contribution in [0.25, 0.3) is 0 Å². The minimum absolute atomic E-state index is 0.0688. The van der Waals surface area contributed by atoms with E-state index < -0.39 is 18.2 Å². The summed E-state index contributed by atoms with van der Waals surface area (Å²) in [7, 11) is 1.53. The summed E-state index contributed by atoms with van der Waals surface area (Å²) in [5.74, 6) is 0.324. The Balaban J connectivity index is 1.68. The van der Waals surface area contributed by atoms with Crippen LogP contribution < -0.4 is 14.8 Å². The van der Waals surface area contributed by atoms with Gasteiger partial charge in [0.15, 0.2) is 0 Å². The maximum absolute atomic E-state index is 13.0. The van der Waals surface area contributed by atoms with Gasteiger partial charge < -0.3 is 14.8 Å². The van der Waals surface area contributed by atoms with Gasteiger partial charge >= 0.3 is 12.6 Å². The van der Waals surface area contributed by atoms with Gasteiger partial charge in [-0.05, 0) is 55.7 Å². The second-order valence-corrected chi connectivity index (χ2v) is 8.05. The Bertz CT molecular complexity index is 939. The third-order valence-electron chi connectivity index (χ3n) is 4.98. The Morgan fingerprint density at radius 2 is 1.87 bits per heavy atom. The van der Waals surface area contributed by atoms with Crippen LogP contribution in [0.1, 0.15) is 24.5 Å². The van der Waals surface area contributed by atoms with Crippen molar-refractivity contribution in [3.8, 4) is 11.5 Å². The van der Waals surface area contributed by atoms with Crippen molar-refractivity contribution < 1.29 is 27.8 Å². The second kappa shape index (κ2) is 8.99. The standard InChI is InChI=1S/C21H21BrF2N2O4/c1-21(10-9-13-3-6-16(7-4-13)30-19(23)24)18(27)26(20(28)25-21)12-14-11-15(22)5-8-17(14)29-2/h3-8,11,19H,9-10,12H2,1-2H3,(H,25,28). The van der Waals surface area contributed by atoms with E-state index in [1.165, 1.54) is 24.1 Å². The smallest absolute Gasteiger partial charge is 0.387 e. The fraction of sp³-hybridized carbons (Fsp3) is 0.333. The van der Waals surface area contributed by atoms with E-state index in [-0.39, 0.29) is 18.2 Å². The monoisotopic (exact) mass is 482 g/mol. The van der Waals surface area contributed by atoms with E-state index in [9.17, 15) is 18.4 Å². The van der Waals surface area contributed by atoms with Crippen LogP contribution in [0, 0.1) is 0 Å². The molecule has 2 aromatic carbocycles. The summed E-state index contributed by atoms with van der Waals surface area (Å²) in [5, 5.41) is 2.77. The zero-order chi connectivity index (χ0) is 21.9. The number of carbonyl (C=O) groups is 2. The number of amides is 3. The average molecular weight is 483 g/mol. The number of carbonyl (C=O) groups excluding carboxylic acids is 2. The molecule has 3 amide bonds. The first-order valence-corrected chi connectivity index (χ1v) is 10.0. The summed E-state index contributed by atoms with van der Waals surface area (Å²) in [6, 6.07) is 11.1. The second-order valence-electron chi connectivity index (χ2n) is 7.13. The molecular weight excluding hydrogens is 462 g/mol. The van der Waals surface area contributed by atoms with Crippen LogP contribution in [0.15, 0.2) is 46.9 Å². The fourth-order valence-electron chi connectivity index (χ4n) is 3.33. The molecule has 3 rings (SSSR count). The third kappa shape index (κ3) is 4.89. The molecule has 1 aliphatic rings. The Morgan fingerprint density at radius 1 is 1.17 bits per heavy atom. The van der Waals surface area contributed by atoms with Crippen molar-refractivity contribution in [3.05, 3.63) is 58.1 Å². The SMILES string of the molecule is COc1ccc(Br)cc1CN1C(=O)NC(C)(CCc2ccc(OC(F)F)cc2)C1=O. The number of alkyl halides is 2. The number of methoxy groups -OCH3 is 1. The molecule has 0 saturated carbocycles. The summed E-state index contributed by atoms with van der Waals surface area (Å²) in [5.41, 5.74) is 0.482. The van der Waals surface area contributed by atoms with Crippen molar-refractivity contribution in [1.82, 2.24) is 10.2 Å². The number of nitrogens with zero attached hydrogens (tertiary/aromatic N) is 1. The number of nitrogens with one attached hydrogen (secondary N) is 1. The van der Waals surface area contributed by atoms with Crippen LogP contribution in [-0.2, 0) is 17.8 Å². The number of hydrogen-bond donors (Lipinski definition) is 1. The first-order valence-electron chi connectivity index (χ1n) is 9.22. The first kappa shape index (κ1) is 22.0. The normalized spacial score (nSPS) is 18.7. The molecule has 1 fully saturated rings. The highest BCUT2D eigenvalue weighted by molar-refractivity contribution is 9.10. The fourth-order valence-corrected chi connectivity index (χ4v) is 3.74. The maximum Gasteiger partial charge on any atom is 0.387 e. The molecule has 6 nitrogen and oxygen atoms in total. The number of rotatable bonds is 8. The molecule has 160 valence electrons. The van der Waals surface area contributed by atoms with E-state index >= 15 is 0 Å². The Kier molecular flexibility index (Phi) is 6.60. The number of benzene rings is 2. The van der Waals surface area contributed by atoms with Gasteiger partial charge in [-0.3, -0.25) is 9.69 Å². The van der Waals surface area contributed by atoms with Crippen molar-refractivity contribution in [3.63, 3.8) is 0 Å². The number of imide groups is 1. The number of urea groups is 1. The first-order chi connectivity index (χ1) is 14.2. The van der Waals surface area contributed by atoms with Crippen molar-refractivity contribution in [2.75, 3.05) is 7.11 Å². The Labute approximate surface area is 181 Å². The van der Waals surface area contributed by atoms with E-state index in [0.717, 1.165) is 10.0 Å². The van der Waals surface area contributed by atoms with Crippen LogP contribution in [0.5, 0.6) is 11.5 Å².